The average Bonchev–Trinajstić information content (AvgIpc) is 3.08. The zero-order valence-corrected chi connectivity index (χ0v) is 28.2. The van der Waals surface area contributed by atoms with Crippen molar-refractivity contribution in [2.24, 2.45) is 0 Å². The Morgan fingerprint density at radius 1 is 1.00 bits per heavy atom. The number of halogens is 1. The van der Waals surface area contributed by atoms with Gasteiger partial charge >= 0.3 is 6.03 Å². The summed E-state index contributed by atoms with van der Waals surface area (Å²) in [4.78, 5) is 37.7. The van der Waals surface area contributed by atoms with Crippen LogP contribution in [0.15, 0.2) is 41.3 Å². The molecular weight excluding hydrogens is 688 g/mol. The molecule has 4 amide bonds. The van der Waals surface area contributed by atoms with Gasteiger partial charge in [-0.1, -0.05) is 43.0 Å². The zero-order valence-electron chi connectivity index (χ0n) is 26.6. The molecule has 1 saturated heterocycles. The largest absolute Gasteiger partial charge is 0.496 e. The molecule has 5 atom stereocenters. The lowest BCUT2D eigenvalue weighted by molar-refractivity contribution is -0.299. The van der Waals surface area contributed by atoms with E-state index in [-0.39, 0.29) is 39.5 Å². The second kappa shape index (κ2) is 17.4. The minimum Gasteiger partial charge on any atom is -0.496 e. The van der Waals surface area contributed by atoms with Crippen LogP contribution in [0.3, 0.4) is 0 Å². The van der Waals surface area contributed by atoms with Gasteiger partial charge in [0.2, 0.25) is 0 Å². The molecule has 2 fully saturated rings. The van der Waals surface area contributed by atoms with E-state index in [4.69, 9.17) is 25.8 Å². The van der Waals surface area contributed by atoms with Crippen molar-refractivity contribution in [1.29, 1.82) is 0 Å². The maximum atomic E-state index is 13.0. The highest BCUT2D eigenvalue weighted by atomic mass is 35.5. The molecule has 0 unspecified atom stereocenters. The van der Waals surface area contributed by atoms with Gasteiger partial charge in [0.1, 0.15) is 36.8 Å². The highest BCUT2D eigenvalue weighted by Crippen LogP contribution is 2.31. The summed E-state index contributed by atoms with van der Waals surface area (Å²) in [6.07, 6.45) is -2.59. The van der Waals surface area contributed by atoms with E-state index in [1.54, 1.807) is 12.1 Å². The van der Waals surface area contributed by atoms with Gasteiger partial charge in [0.15, 0.2) is 6.29 Å². The van der Waals surface area contributed by atoms with Crippen LogP contribution in [-0.2, 0) is 30.7 Å². The van der Waals surface area contributed by atoms with Crippen LogP contribution in [0.1, 0.15) is 48.0 Å². The van der Waals surface area contributed by atoms with Gasteiger partial charge in [0, 0.05) is 18.7 Å². The Morgan fingerprint density at radius 2 is 1.69 bits per heavy atom. The Labute approximate surface area is 288 Å². The summed E-state index contributed by atoms with van der Waals surface area (Å²) in [5.41, 5.74) is 0.871. The van der Waals surface area contributed by atoms with E-state index < -0.39 is 71.8 Å². The summed E-state index contributed by atoms with van der Waals surface area (Å²) < 4.78 is 43.1. The van der Waals surface area contributed by atoms with Crippen LogP contribution < -0.4 is 25.4 Å². The number of benzene rings is 2. The minimum atomic E-state index is -4.07. The summed E-state index contributed by atoms with van der Waals surface area (Å²) in [6.45, 7) is -1.16. The smallest absolute Gasteiger partial charge is 0.328 e. The lowest BCUT2D eigenvalue weighted by atomic mass is 9.96. The Balaban J connectivity index is 1.27. The van der Waals surface area contributed by atoms with Crippen molar-refractivity contribution >= 4 is 45.2 Å². The van der Waals surface area contributed by atoms with E-state index in [0.717, 1.165) is 37.7 Å². The standard InChI is InChI=1S/C31H41ClN4O12S/c1-46-23-14-22(35-25(38)16-47-30-28(41)27(40)26(39)24(15-37)48-30)21(32)13-20(23)29(42)33-12-11-17-7-9-19(10-8-17)49(44,45)36-31(43)34-18-5-3-2-4-6-18/h7-10,13-14,18,24,26-28,30,37,39-41H,2-6,11-12,15-16H2,1H3,(H,33,42)(H,35,38)(H2,34,36,43)/t24-,26-,27+,28-,30+/m1/s1. The van der Waals surface area contributed by atoms with Gasteiger partial charge in [-0.2, -0.15) is 0 Å². The lowest BCUT2D eigenvalue weighted by Gasteiger charge is -2.39. The molecule has 0 aromatic heterocycles. The van der Waals surface area contributed by atoms with Crippen molar-refractivity contribution in [3.8, 4) is 5.75 Å². The summed E-state index contributed by atoms with van der Waals surface area (Å²) in [6, 6.07) is 7.72. The molecule has 18 heteroatoms. The second-order valence-corrected chi connectivity index (χ2v) is 13.7. The lowest BCUT2D eigenvalue weighted by Crippen LogP contribution is -2.59. The highest BCUT2D eigenvalue weighted by Gasteiger charge is 2.44. The van der Waals surface area contributed by atoms with Gasteiger partial charge in [-0.25, -0.2) is 17.9 Å². The SMILES string of the molecule is COc1cc(NC(=O)CO[C@H]2O[C@H](CO)[C@@H](O)[C@H](O)[C@H]2O)c(Cl)cc1C(=O)NCCc1ccc(S(=O)(=O)NC(=O)NC2CCCCC2)cc1. The topological polar surface area (TPSA) is 242 Å². The molecule has 4 rings (SSSR count). The third-order valence-corrected chi connectivity index (χ3v) is 9.79. The molecule has 270 valence electrons. The summed E-state index contributed by atoms with van der Waals surface area (Å²) in [5.74, 6) is -1.19. The van der Waals surface area contributed by atoms with Crippen LogP contribution in [-0.4, -0.2) is 110 Å². The molecule has 49 heavy (non-hydrogen) atoms. The van der Waals surface area contributed by atoms with E-state index in [1.807, 2.05) is 4.72 Å². The molecular formula is C31H41ClN4O12S. The molecule has 0 bridgehead atoms. The first kappa shape index (κ1) is 38.3. The zero-order chi connectivity index (χ0) is 35.7. The number of nitrogens with one attached hydrogen (secondary N) is 4. The van der Waals surface area contributed by atoms with Crippen molar-refractivity contribution in [3.05, 3.63) is 52.5 Å². The number of anilines is 1. The van der Waals surface area contributed by atoms with Crippen LogP contribution in [0, 0.1) is 0 Å². The summed E-state index contributed by atoms with van der Waals surface area (Å²) in [5, 5.41) is 47.0. The van der Waals surface area contributed by atoms with Crippen molar-refractivity contribution in [2.75, 3.05) is 32.2 Å². The minimum absolute atomic E-state index is 0.00929. The molecule has 1 aliphatic carbocycles. The molecule has 0 radical (unpaired) electrons. The average molecular weight is 729 g/mol. The number of aliphatic hydroxyl groups is 4. The quantitative estimate of drug-likeness (QED) is 0.140. The third kappa shape index (κ3) is 10.2. The number of amides is 4. The molecule has 2 aliphatic rings. The summed E-state index contributed by atoms with van der Waals surface area (Å²) in [7, 11) is -2.75. The molecule has 1 aliphatic heterocycles. The van der Waals surface area contributed by atoms with Gasteiger partial charge in [-0.15, -0.1) is 0 Å². The maximum absolute atomic E-state index is 13.0. The Kier molecular flexibility index (Phi) is 13.6. The molecule has 2 aromatic carbocycles. The van der Waals surface area contributed by atoms with Gasteiger partial charge in [-0.3, -0.25) is 9.59 Å². The Bertz CT molecular complexity index is 1570. The number of aliphatic hydroxyl groups excluding tert-OH is 4. The number of rotatable bonds is 13. The Morgan fingerprint density at radius 3 is 2.35 bits per heavy atom. The fourth-order valence-electron chi connectivity index (χ4n) is 5.44. The van der Waals surface area contributed by atoms with Crippen molar-refractivity contribution in [1.82, 2.24) is 15.4 Å². The Hall–Kier alpha value is -3.55. The van der Waals surface area contributed by atoms with Crippen molar-refractivity contribution in [2.45, 2.75) is 80.2 Å². The van der Waals surface area contributed by atoms with Crippen LogP contribution in [0.5, 0.6) is 5.75 Å². The van der Waals surface area contributed by atoms with E-state index >= 15 is 0 Å². The van der Waals surface area contributed by atoms with Crippen LogP contribution in [0.25, 0.3) is 0 Å². The first-order chi connectivity index (χ1) is 23.3. The fraction of sp³-hybridized carbons (Fsp3) is 0.516. The van der Waals surface area contributed by atoms with Gasteiger partial charge in [0.25, 0.3) is 21.8 Å². The van der Waals surface area contributed by atoms with Crippen molar-refractivity contribution < 1.29 is 57.4 Å². The predicted molar refractivity (Wildman–Crippen MR) is 175 cm³/mol. The number of urea groups is 1. The predicted octanol–water partition coefficient (Wildman–Crippen LogP) is 0.397. The first-order valence-electron chi connectivity index (χ1n) is 15.6. The molecule has 16 nitrogen and oxygen atoms in total. The van der Waals surface area contributed by atoms with Gasteiger partial charge in [0.05, 0.1) is 34.9 Å². The van der Waals surface area contributed by atoms with E-state index in [2.05, 4.69) is 16.0 Å². The van der Waals surface area contributed by atoms with E-state index in [0.29, 0.717) is 6.42 Å². The number of methoxy groups -OCH3 is 1. The summed E-state index contributed by atoms with van der Waals surface area (Å²) >= 11 is 6.33. The number of ether oxygens (including phenoxy) is 3. The maximum Gasteiger partial charge on any atom is 0.328 e. The van der Waals surface area contributed by atoms with E-state index in [1.165, 1.54) is 31.4 Å². The normalized spacial score (nSPS) is 22.9. The monoisotopic (exact) mass is 728 g/mol. The second-order valence-electron chi connectivity index (χ2n) is 11.7. The number of hydrogen-bond donors (Lipinski definition) is 8. The van der Waals surface area contributed by atoms with E-state index in [9.17, 15) is 43.2 Å². The van der Waals surface area contributed by atoms with Gasteiger partial charge < -0.3 is 50.6 Å². The van der Waals surface area contributed by atoms with Gasteiger partial charge in [-0.05, 0) is 43.0 Å². The molecule has 0 spiro atoms. The molecule has 1 heterocycles. The van der Waals surface area contributed by atoms with Crippen LogP contribution in [0.2, 0.25) is 5.02 Å². The third-order valence-electron chi connectivity index (χ3n) is 8.14. The van der Waals surface area contributed by atoms with Crippen LogP contribution >= 0.6 is 11.6 Å². The molecule has 8 N–H and O–H groups in total. The first-order valence-corrected chi connectivity index (χ1v) is 17.5. The number of sulfonamides is 1. The highest BCUT2D eigenvalue weighted by molar-refractivity contribution is 7.90. The molecule has 2 aromatic rings. The number of carbonyl (C=O) groups excluding carboxylic acids is 3. The molecule has 1 saturated carbocycles. The number of hydrogen-bond acceptors (Lipinski definition) is 12. The van der Waals surface area contributed by atoms with Crippen molar-refractivity contribution in [3.63, 3.8) is 0 Å². The van der Waals surface area contributed by atoms with Crippen LogP contribution in [0.4, 0.5) is 10.5 Å². The number of carbonyl (C=O) groups is 3. The fourth-order valence-corrected chi connectivity index (χ4v) is 6.56.